The number of hydrogen-bond donors (Lipinski definition) is 1. The lowest BCUT2D eigenvalue weighted by Crippen LogP contribution is -2.13. The molecule has 1 N–H and O–H groups in total. The van der Waals surface area contributed by atoms with Gasteiger partial charge < -0.3 is 4.52 Å². The third kappa shape index (κ3) is 3.05. The van der Waals surface area contributed by atoms with Crippen LogP contribution in [0.15, 0.2) is 58.3 Å². The number of nitrogens with zero attached hydrogens (tertiary/aromatic N) is 3. The maximum atomic E-state index is 12.8. The lowest BCUT2D eigenvalue weighted by molar-refractivity contribution is 0.431. The smallest absolute Gasteiger partial charge is 0.262 e. The first kappa shape index (κ1) is 14.9. The molecule has 3 aromatic rings. The molecule has 4 rings (SSSR count). The molecule has 1 aliphatic rings. The Hall–Kier alpha value is -2.61. The normalized spacial score (nSPS) is 14.7. The molecule has 0 amide bonds. The van der Waals surface area contributed by atoms with E-state index in [4.69, 9.17) is 4.52 Å². The highest BCUT2D eigenvalue weighted by atomic mass is 32.2. The van der Waals surface area contributed by atoms with Crippen LogP contribution in [0.4, 0.5) is 5.69 Å². The van der Waals surface area contributed by atoms with E-state index in [1.807, 2.05) is 0 Å². The Kier molecular flexibility index (Phi) is 3.61. The molecule has 1 fully saturated rings. The average Bonchev–Trinajstić information content (AvgIpc) is 3.04. The standard InChI is InChI=1S/C16H16N4O3S/c21-24(22,19-13-9-17-20(11-13)10-12-5-6-12)16-4-2-1-3-14(16)15-7-8-18-23-15/h1-4,7-9,11-12,19H,5-6,10H2. The van der Waals surface area contributed by atoms with Crippen LogP contribution < -0.4 is 4.72 Å². The molecule has 1 aliphatic carbocycles. The first-order valence-corrected chi connectivity index (χ1v) is 9.15. The highest BCUT2D eigenvalue weighted by Crippen LogP contribution is 2.31. The van der Waals surface area contributed by atoms with Gasteiger partial charge in [0.25, 0.3) is 10.0 Å². The third-order valence-electron chi connectivity index (χ3n) is 3.91. The van der Waals surface area contributed by atoms with Crippen LogP contribution in [-0.2, 0) is 16.6 Å². The van der Waals surface area contributed by atoms with Crippen LogP contribution in [-0.4, -0.2) is 23.4 Å². The van der Waals surface area contributed by atoms with Crippen LogP contribution in [0.25, 0.3) is 11.3 Å². The summed E-state index contributed by atoms with van der Waals surface area (Å²) in [7, 11) is -3.76. The van der Waals surface area contributed by atoms with Gasteiger partial charge in [-0.1, -0.05) is 17.3 Å². The Morgan fingerprint density at radius 1 is 1.25 bits per heavy atom. The predicted molar refractivity (Wildman–Crippen MR) is 87.7 cm³/mol. The second kappa shape index (κ2) is 5.79. The third-order valence-corrected chi connectivity index (χ3v) is 5.35. The van der Waals surface area contributed by atoms with E-state index in [2.05, 4.69) is 15.0 Å². The molecule has 0 saturated heterocycles. The Morgan fingerprint density at radius 2 is 2.08 bits per heavy atom. The topological polar surface area (TPSA) is 90.0 Å². The van der Waals surface area contributed by atoms with Gasteiger partial charge in [0, 0.05) is 24.4 Å². The average molecular weight is 344 g/mol. The van der Waals surface area contributed by atoms with Crippen LogP contribution in [0.3, 0.4) is 0 Å². The molecule has 8 heteroatoms. The number of anilines is 1. The summed E-state index contributed by atoms with van der Waals surface area (Å²) in [4.78, 5) is 0.136. The minimum atomic E-state index is -3.76. The van der Waals surface area contributed by atoms with E-state index >= 15 is 0 Å². The largest absolute Gasteiger partial charge is 0.356 e. The predicted octanol–water partition coefficient (Wildman–Crippen LogP) is 2.75. The zero-order chi connectivity index (χ0) is 16.6. The Balaban J connectivity index is 1.62. The SMILES string of the molecule is O=S(=O)(Nc1cnn(CC2CC2)c1)c1ccccc1-c1ccno1. The highest BCUT2D eigenvalue weighted by Gasteiger charge is 2.23. The van der Waals surface area contributed by atoms with Crippen LogP contribution in [0.5, 0.6) is 0 Å². The molecule has 1 aromatic carbocycles. The molecule has 0 spiro atoms. The molecule has 2 heterocycles. The van der Waals surface area contributed by atoms with Crippen molar-refractivity contribution in [3.8, 4) is 11.3 Å². The fraction of sp³-hybridized carbons (Fsp3) is 0.250. The van der Waals surface area contributed by atoms with Crippen molar-refractivity contribution < 1.29 is 12.9 Å². The molecular formula is C16H16N4O3S. The summed E-state index contributed by atoms with van der Waals surface area (Å²) >= 11 is 0. The van der Waals surface area contributed by atoms with Gasteiger partial charge in [0.1, 0.15) is 0 Å². The maximum Gasteiger partial charge on any atom is 0.262 e. The van der Waals surface area contributed by atoms with E-state index in [1.165, 1.54) is 31.3 Å². The number of benzene rings is 1. The molecule has 0 unspecified atom stereocenters. The molecule has 0 aliphatic heterocycles. The van der Waals surface area contributed by atoms with Crippen LogP contribution in [0.1, 0.15) is 12.8 Å². The minimum absolute atomic E-state index is 0.136. The summed E-state index contributed by atoms with van der Waals surface area (Å²) in [6.45, 7) is 0.830. The van der Waals surface area contributed by atoms with E-state index in [0.29, 0.717) is 22.9 Å². The van der Waals surface area contributed by atoms with Crippen molar-refractivity contribution in [2.45, 2.75) is 24.3 Å². The molecule has 124 valence electrons. The summed E-state index contributed by atoms with van der Waals surface area (Å²) in [6, 6.07) is 8.28. The van der Waals surface area contributed by atoms with Crippen molar-refractivity contribution in [2.75, 3.05) is 4.72 Å². The van der Waals surface area contributed by atoms with E-state index in [9.17, 15) is 8.42 Å². The molecule has 0 radical (unpaired) electrons. The van der Waals surface area contributed by atoms with Gasteiger partial charge in [0.2, 0.25) is 0 Å². The quantitative estimate of drug-likeness (QED) is 0.742. The lowest BCUT2D eigenvalue weighted by Gasteiger charge is -2.09. The molecule has 0 bridgehead atoms. The van der Waals surface area contributed by atoms with Gasteiger partial charge in [-0.3, -0.25) is 9.40 Å². The first-order chi connectivity index (χ1) is 11.6. The number of aromatic nitrogens is 3. The molecule has 0 atom stereocenters. The van der Waals surface area contributed by atoms with Gasteiger partial charge in [-0.15, -0.1) is 0 Å². The van der Waals surface area contributed by atoms with E-state index in [0.717, 1.165) is 6.54 Å². The van der Waals surface area contributed by atoms with Gasteiger partial charge in [-0.2, -0.15) is 5.10 Å². The second-order valence-corrected chi connectivity index (χ2v) is 7.52. The summed E-state index contributed by atoms with van der Waals surface area (Å²) in [5, 5.41) is 7.85. The fourth-order valence-corrected chi connectivity index (χ4v) is 3.79. The van der Waals surface area contributed by atoms with Gasteiger partial charge in [-0.05, 0) is 30.9 Å². The molecule has 24 heavy (non-hydrogen) atoms. The molecule has 1 saturated carbocycles. The molecule has 2 aromatic heterocycles. The van der Waals surface area contributed by atoms with Gasteiger partial charge >= 0.3 is 0 Å². The minimum Gasteiger partial charge on any atom is -0.356 e. The summed E-state index contributed by atoms with van der Waals surface area (Å²) in [5.41, 5.74) is 0.913. The Labute approximate surface area is 139 Å². The molecular weight excluding hydrogens is 328 g/mol. The van der Waals surface area contributed by atoms with Crippen molar-refractivity contribution in [1.29, 1.82) is 0 Å². The fourth-order valence-electron chi connectivity index (χ4n) is 2.55. The van der Waals surface area contributed by atoms with Crippen molar-refractivity contribution in [3.63, 3.8) is 0 Å². The highest BCUT2D eigenvalue weighted by molar-refractivity contribution is 7.92. The number of nitrogens with one attached hydrogen (secondary N) is 1. The van der Waals surface area contributed by atoms with Crippen LogP contribution in [0.2, 0.25) is 0 Å². The van der Waals surface area contributed by atoms with Crippen LogP contribution in [0, 0.1) is 5.92 Å². The van der Waals surface area contributed by atoms with Crippen molar-refractivity contribution in [2.24, 2.45) is 5.92 Å². The van der Waals surface area contributed by atoms with Crippen molar-refractivity contribution in [1.82, 2.24) is 14.9 Å². The van der Waals surface area contributed by atoms with Crippen molar-refractivity contribution in [3.05, 3.63) is 48.9 Å². The van der Waals surface area contributed by atoms with Gasteiger partial charge in [0.15, 0.2) is 5.76 Å². The van der Waals surface area contributed by atoms with Crippen molar-refractivity contribution >= 4 is 15.7 Å². The van der Waals surface area contributed by atoms with E-state index in [-0.39, 0.29) is 4.90 Å². The molecule has 7 nitrogen and oxygen atoms in total. The van der Waals surface area contributed by atoms with Gasteiger partial charge in [0.05, 0.1) is 23.0 Å². The zero-order valence-corrected chi connectivity index (χ0v) is 13.6. The first-order valence-electron chi connectivity index (χ1n) is 7.67. The zero-order valence-electron chi connectivity index (χ0n) is 12.8. The Bertz CT molecular complexity index is 943. The number of rotatable bonds is 6. The summed E-state index contributed by atoms with van der Waals surface area (Å²) in [6.07, 6.45) is 7.15. The van der Waals surface area contributed by atoms with E-state index in [1.54, 1.807) is 35.1 Å². The Morgan fingerprint density at radius 3 is 2.83 bits per heavy atom. The second-order valence-electron chi connectivity index (χ2n) is 5.87. The summed E-state index contributed by atoms with van der Waals surface area (Å²) < 4.78 is 35.0. The van der Waals surface area contributed by atoms with Crippen LogP contribution >= 0.6 is 0 Å². The number of sulfonamides is 1. The monoisotopic (exact) mass is 344 g/mol. The maximum absolute atomic E-state index is 12.8. The number of hydrogen-bond acceptors (Lipinski definition) is 5. The lowest BCUT2D eigenvalue weighted by atomic mass is 10.2. The van der Waals surface area contributed by atoms with Gasteiger partial charge in [-0.25, -0.2) is 8.42 Å². The van der Waals surface area contributed by atoms with E-state index < -0.39 is 10.0 Å². The summed E-state index contributed by atoms with van der Waals surface area (Å²) in [5.74, 6) is 1.07.